The lowest BCUT2D eigenvalue weighted by molar-refractivity contribution is -0.235. The van der Waals surface area contributed by atoms with Gasteiger partial charge in [0.05, 0.1) is 6.61 Å². The van der Waals surface area contributed by atoms with E-state index in [1.54, 1.807) is 4.90 Å². The molecule has 20 heavy (non-hydrogen) atoms. The zero-order chi connectivity index (χ0) is 15.7. The zero-order valence-electron chi connectivity index (χ0n) is 13.6. The Hall–Kier alpha value is -1.10. The molecule has 0 saturated carbocycles. The molecule has 1 amide bonds. The number of amides is 1. The topological polar surface area (TPSA) is 55.8 Å². The number of cyclic esters (lactones) is 1. The molecule has 0 spiro atoms. The Kier molecular flexibility index (Phi) is 5.19. The van der Waals surface area contributed by atoms with Gasteiger partial charge in [0, 0.05) is 17.5 Å². The smallest absolute Gasteiger partial charge is 0.323 e. The Labute approximate surface area is 121 Å². The van der Waals surface area contributed by atoms with E-state index >= 15 is 0 Å². The van der Waals surface area contributed by atoms with Crippen LogP contribution in [0, 0.1) is 11.3 Å². The van der Waals surface area contributed by atoms with Gasteiger partial charge >= 0.3 is 5.97 Å². The van der Waals surface area contributed by atoms with Crippen LogP contribution >= 0.6 is 0 Å². The molecule has 1 aliphatic heterocycles. The third-order valence-corrected chi connectivity index (χ3v) is 3.29. The number of carbonyl (C=O) groups is 2. The summed E-state index contributed by atoms with van der Waals surface area (Å²) in [5, 5.41) is 0. The number of nitrogens with zero attached hydrogens (tertiary/aromatic N) is 1. The minimum atomic E-state index is -0.849. The van der Waals surface area contributed by atoms with Gasteiger partial charge in [-0.05, 0) is 27.7 Å². The summed E-state index contributed by atoms with van der Waals surface area (Å²) in [6, 6.07) is 0.0753. The predicted octanol–water partition coefficient (Wildman–Crippen LogP) is 2.19. The van der Waals surface area contributed by atoms with Crippen LogP contribution in [0.1, 0.15) is 48.5 Å². The van der Waals surface area contributed by atoms with E-state index in [4.69, 9.17) is 9.47 Å². The highest BCUT2D eigenvalue weighted by Gasteiger charge is 2.42. The highest BCUT2D eigenvalue weighted by Crippen LogP contribution is 2.29. The molecule has 116 valence electrons. The van der Waals surface area contributed by atoms with Crippen LogP contribution in [0.15, 0.2) is 0 Å². The van der Waals surface area contributed by atoms with E-state index < -0.39 is 18.2 Å². The first-order valence-electron chi connectivity index (χ1n) is 7.20. The Morgan fingerprint density at radius 2 is 1.70 bits per heavy atom. The number of hydrogen-bond donors (Lipinski definition) is 0. The van der Waals surface area contributed by atoms with Crippen LogP contribution in [0.5, 0.6) is 0 Å². The molecule has 0 radical (unpaired) electrons. The first kappa shape index (κ1) is 17.0. The van der Waals surface area contributed by atoms with Crippen molar-refractivity contribution in [2.75, 3.05) is 6.61 Å². The van der Waals surface area contributed by atoms with Crippen molar-refractivity contribution >= 4 is 11.9 Å². The molecule has 1 fully saturated rings. The van der Waals surface area contributed by atoms with Crippen molar-refractivity contribution in [3.63, 3.8) is 0 Å². The quantitative estimate of drug-likeness (QED) is 0.589. The van der Waals surface area contributed by atoms with Gasteiger partial charge < -0.3 is 14.4 Å². The second kappa shape index (κ2) is 6.12. The maximum atomic E-state index is 12.5. The molecule has 0 N–H and O–H groups in total. The largest absolute Gasteiger partial charge is 0.435 e. The molecule has 0 aromatic carbocycles. The van der Waals surface area contributed by atoms with Gasteiger partial charge in [0.25, 0.3) is 0 Å². The molecule has 0 aromatic heterocycles. The second-order valence-corrected chi connectivity index (χ2v) is 6.95. The van der Waals surface area contributed by atoms with Gasteiger partial charge in [0.15, 0.2) is 5.92 Å². The van der Waals surface area contributed by atoms with E-state index in [9.17, 15) is 9.59 Å². The Morgan fingerprint density at radius 1 is 1.20 bits per heavy atom. The number of hydrogen-bond acceptors (Lipinski definition) is 4. The Bertz CT molecular complexity index is 363. The zero-order valence-corrected chi connectivity index (χ0v) is 13.6. The average molecular weight is 285 g/mol. The monoisotopic (exact) mass is 285 g/mol. The normalized spacial score (nSPS) is 23.9. The van der Waals surface area contributed by atoms with E-state index in [2.05, 4.69) is 0 Å². The molecular weight excluding hydrogens is 258 g/mol. The first-order valence-corrected chi connectivity index (χ1v) is 7.20. The van der Waals surface area contributed by atoms with E-state index in [0.29, 0.717) is 0 Å². The number of esters is 1. The molecule has 1 saturated heterocycles. The Morgan fingerprint density at radius 3 is 2.05 bits per heavy atom. The highest BCUT2D eigenvalue weighted by atomic mass is 16.7. The molecule has 1 rings (SSSR count). The fourth-order valence-corrected chi connectivity index (χ4v) is 2.36. The molecule has 0 unspecified atom stereocenters. The Balaban J connectivity index is 2.80. The summed E-state index contributed by atoms with van der Waals surface area (Å²) in [6.45, 7) is 13.6. The van der Waals surface area contributed by atoms with Crippen molar-refractivity contribution in [3.8, 4) is 0 Å². The predicted molar refractivity (Wildman–Crippen MR) is 75.9 cm³/mol. The molecule has 1 aliphatic rings. The fraction of sp³-hybridized carbons (Fsp3) is 0.867. The van der Waals surface area contributed by atoms with Crippen molar-refractivity contribution < 1.29 is 19.1 Å². The van der Waals surface area contributed by atoms with Gasteiger partial charge in [0.1, 0.15) is 0 Å². The van der Waals surface area contributed by atoms with Crippen LogP contribution in [-0.2, 0) is 19.1 Å². The summed E-state index contributed by atoms with van der Waals surface area (Å²) in [5.74, 6) is -1.54. The first-order chi connectivity index (χ1) is 9.05. The molecule has 0 aliphatic carbocycles. The average Bonchev–Trinajstić information content (AvgIpc) is 2.26. The lowest BCUT2D eigenvalue weighted by atomic mass is 9.94. The van der Waals surface area contributed by atoms with Crippen molar-refractivity contribution in [3.05, 3.63) is 0 Å². The summed E-state index contributed by atoms with van der Waals surface area (Å²) in [7, 11) is 0. The molecule has 0 aromatic rings. The van der Waals surface area contributed by atoms with Crippen LogP contribution in [0.25, 0.3) is 0 Å². The van der Waals surface area contributed by atoms with Gasteiger partial charge in [-0.15, -0.1) is 0 Å². The van der Waals surface area contributed by atoms with Gasteiger partial charge in [-0.2, -0.15) is 0 Å². The van der Waals surface area contributed by atoms with Gasteiger partial charge in [0.2, 0.25) is 12.2 Å². The van der Waals surface area contributed by atoms with E-state index in [0.717, 1.165) is 0 Å². The van der Waals surface area contributed by atoms with Crippen LogP contribution < -0.4 is 0 Å². The SMILES string of the molecule is CC(C)N(C(=O)[C@@H]1CO[C@@H](C(C)(C)C)OC1=O)C(C)C. The number of ether oxygens (including phenoxy) is 2. The van der Waals surface area contributed by atoms with Crippen molar-refractivity contribution in [2.24, 2.45) is 11.3 Å². The molecule has 0 bridgehead atoms. The maximum absolute atomic E-state index is 12.5. The van der Waals surface area contributed by atoms with Crippen molar-refractivity contribution in [1.82, 2.24) is 4.90 Å². The summed E-state index contributed by atoms with van der Waals surface area (Å²) in [4.78, 5) is 26.3. The van der Waals surface area contributed by atoms with Crippen LogP contribution in [0.2, 0.25) is 0 Å². The third kappa shape index (κ3) is 3.72. The van der Waals surface area contributed by atoms with Gasteiger partial charge in [-0.1, -0.05) is 20.8 Å². The van der Waals surface area contributed by atoms with E-state index in [1.807, 2.05) is 48.5 Å². The minimum absolute atomic E-state index is 0.0376. The van der Waals surface area contributed by atoms with Crippen LogP contribution in [0.4, 0.5) is 0 Å². The van der Waals surface area contributed by atoms with Gasteiger partial charge in [-0.25, -0.2) is 0 Å². The second-order valence-electron chi connectivity index (χ2n) is 6.95. The van der Waals surface area contributed by atoms with Crippen LogP contribution in [-0.4, -0.2) is 41.8 Å². The highest BCUT2D eigenvalue weighted by molar-refractivity contribution is 5.98. The van der Waals surface area contributed by atoms with E-state index in [-0.39, 0.29) is 30.0 Å². The fourth-order valence-electron chi connectivity index (χ4n) is 2.36. The molecular formula is C15H27NO4. The summed E-state index contributed by atoms with van der Waals surface area (Å²) >= 11 is 0. The van der Waals surface area contributed by atoms with Crippen molar-refractivity contribution in [2.45, 2.75) is 66.8 Å². The van der Waals surface area contributed by atoms with E-state index in [1.165, 1.54) is 0 Å². The minimum Gasteiger partial charge on any atom is -0.435 e. The summed E-state index contributed by atoms with van der Waals surface area (Å²) in [6.07, 6.45) is -0.592. The number of rotatable bonds is 3. The molecule has 1 heterocycles. The summed E-state index contributed by atoms with van der Waals surface area (Å²) < 4.78 is 10.9. The third-order valence-electron chi connectivity index (χ3n) is 3.29. The maximum Gasteiger partial charge on any atom is 0.323 e. The molecule has 5 heteroatoms. The molecule has 2 atom stereocenters. The lowest BCUT2D eigenvalue weighted by Crippen LogP contribution is -2.52. The molecule has 5 nitrogen and oxygen atoms in total. The van der Waals surface area contributed by atoms with Gasteiger partial charge in [-0.3, -0.25) is 9.59 Å². The standard InChI is InChI=1S/C15H27NO4/c1-9(2)16(10(3)4)12(17)11-8-19-14(15(5,6)7)20-13(11)18/h9-11,14H,8H2,1-7H3/t11-,14+/m0/s1. The van der Waals surface area contributed by atoms with Crippen LogP contribution in [0.3, 0.4) is 0 Å². The lowest BCUT2D eigenvalue weighted by Gasteiger charge is -2.38. The summed E-state index contributed by atoms with van der Waals surface area (Å²) in [5.41, 5.74) is -0.292. The van der Waals surface area contributed by atoms with Crippen molar-refractivity contribution in [1.29, 1.82) is 0 Å². The number of carbonyl (C=O) groups excluding carboxylic acids is 2.